The molecule has 0 spiro atoms. The molecule has 0 saturated heterocycles. The van der Waals surface area contributed by atoms with Crippen LogP contribution in [-0.4, -0.2) is 14.1 Å². The molecule has 0 amide bonds. The largest absolute Gasteiger partial charge is 0.370 e. The van der Waals surface area contributed by atoms with E-state index in [1.807, 2.05) is 19.2 Å². The summed E-state index contributed by atoms with van der Waals surface area (Å²) in [5, 5.41) is 6.13. The van der Waals surface area contributed by atoms with E-state index >= 15 is 0 Å². The van der Waals surface area contributed by atoms with Crippen LogP contribution in [0.1, 0.15) is 11.1 Å². The van der Waals surface area contributed by atoms with E-state index in [9.17, 15) is 0 Å². The van der Waals surface area contributed by atoms with E-state index in [0.717, 1.165) is 21.9 Å². The third-order valence-electron chi connectivity index (χ3n) is 2.87. The summed E-state index contributed by atoms with van der Waals surface area (Å²) in [6.45, 7) is 1.71. The van der Waals surface area contributed by atoms with E-state index < -0.39 is 0 Å². The molecule has 0 unspecified atom stereocenters. The van der Waals surface area contributed by atoms with Gasteiger partial charge in [0.25, 0.3) is 0 Å². The van der Waals surface area contributed by atoms with Crippen LogP contribution in [0.3, 0.4) is 0 Å². The Labute approximate surface area is 131 Å². The highest BCUT2D eigenvalue weighted by molar-refractivity contribution is 9.11. The molecule has 0 radical (unpaired) electrons. The lowest BCUT2D eigenvalue weighted by atomic mass is 10.1. The zero-order valence-electron chi connectivity index (χ0n) is 10.9. The molecule has 0 bridgehead atoms. The number of nitrogens with one attached hydrogen (secondary N) is 1. The number of anilines is 1. The van der Waals surface area contributed by atoms with E-state index in [2.05, 4.69) is 50.7 Å². The fourth-order valence-corrected chi connectivity index (χ4v) is 3.39. The molecule has 19 heavy (non-hydrogen) atoms. The number of hydrogen-bond acceptors (Lipinski definition) is 3. The molecule has 1 N–H and O–H groups in total. The summed E-state index contributed by atoms with van der Waals surface area (Å²) in [5.41, 5.74) is 3.72. The van der Waals surface area contributed by atoms with Gasteiger partial charge in [-0.1, -0.05) is 17.7 Å². The number of rotatable bonds is 5. The van der Waals surface area contributed by atoms with Crippen LogP contribution < -0.4 is 10.2 Å². The quantitative estimate of drug-likeness (QED) is 0.844. The first-order chi connectivity index (χ1) is 9.10. The number of halogens is 2. The van der Waals surface area contributed by atoms with Crippen molar-refractivity contribution >= 4 is 44.6 Å². The van der Waals surface area contributed by atoms with E-state index in [4.69, 9.17) is 11.6 Å². The van der Waals surface area contributed by atoms with Crippen molar-refractivity contribution in [3.8, 4) is 0 Å². The average molecular weight is 360 g/mol. The second kappa shape index (κ2) is 6.75. The maximum atomic E-state index is 6.12. The van der Waals surface area contributed by atoms with Crippen LogP contribution in [0.4, 0.5) is 5.69 Å². The summed E-state index contributed by atoms with van der Waals surface area (Å²) >= 11 is 11.3. The van der Waals surface area contributed by atoms with Crippen LogP contribution >= 0.6 is 38.9 Å². The lowest BCUT2D eigenvalue weighted by Gasteiger charge is -2.22. The maximum absolute atomic E-state index is 6.12. The fourth-order valence-electron chi connectivity index (χ4n) is 2.02. The average Bonchev–Trinajstić information content (AvgIpc) is 2.77. The van der Waals surface area contributed by atoms with E-state index in [-0.39, 0.29) is 0 Å². The molecule has 2 nitrogen and oxygen atoms in total. The number of benzene rings is 1. The van der Waals surface area contributed by atoms with Crippen molar-refractivity contribution in [1.82, 2.24) is 5.32 Å². The van der Waals surface area contributed by atoms with Crippen molar-refractivity contribution in [1.29, 1.82) is 0 Å². The van der Waals surface area contributed by atoms with Crippen molar-refractivity contribution in [2.24, 2.45) is 0 Å². The minimum Gasteiger partial charge on any atom is -0.370 e. The van der Waals surface area contributed by atoms with Crippen LogP contribution in [0.25, 0.3) is 0 Å². The van der Waals surface area contributed by atoms with Crippen LogP contribution in [0.2, 0.25) is 5.02 Å². The highest BCUT2D eigenvalue weighted by atomic mass is 79.9. The first-order valence-electron chi connectivity index (χ1n) is 5.97. The predicted octanol–water partition coefficient (Wildman–Crippen LogP) is 4.52. The van der Waals surface area contributed by atoms with Crippen LogP contribution in [0.15, 0.2) is 33.4 Å². The molecule has 0 aliphatic heterocycles. The van der Waals surface area contributed by atoms with Gasteiger partial charge in [0.2, 0.25) is 0 Å². The Bertz CT molecular complexity index is 556. The van der Waals surface area contributed by atoms with Gasteiger partial charge in [0.05, 0.1) is 3.79 Å². The molecular formula is C14H16BrClN2S. The van der Waals surface area contributed by atoms with Gasteiger partial charge in [-0.15, -0.1) is 11.3 Å². The molecule has 5 heteroatoms. The summed E-state index contributed by atoms with van der Waals surface area (Å²) in [6.07, 6.45) is 0. The van der Waals surface area contributed by atoms with Gasteiger partial charge in [-0.2, -0.15) is 0 Å². The molecule has 1 aromatic heterocycles. The first kappa shape index (κ1) is 14.9. The van der Waals surface area contributed by atoms with Gasteiger partial charge in [-0.25, -0.2) is 0 Å². The first-order valence-corrected chi connectivity index (χ1v) is 8.02. The molecule has 1 aromatic carbocycles. The van der Waals surface area contributed by atoms with Gasteiger partial charge < -0.3 is 10.2 Å². The molecule has 0 fully saturated rings. The summed E-state index contributed by atoms with van der Waals surface area (Å²) in [7, 11) is 4.05. The van der Waals surface area contributed by atoms with E-state index in [1.165, 1.54) is 16.8 Å². The van der Waals surface area contributed by atoms with Crippen molar-refractivity contribution in [2.45, 2.75) is 13.1 Å². The molecule has 0 atom stereocenters. The minimum atomic E-state index is 0.771. The van der Waals surface area contributed by atoms with E-state index in [0.29, 0.717) is 0 Å². The van der Waals surface area contributed by atoms with Crippen LogP contribution in [0.5, 0.6) is 0 Å². The summed E-state index contributed by atoms with van der Waals surface area (Å²) < 4.78 is 1.16. The highest BCUT2D eigenvalue weighted by Crippen LogP contribution is 2.27. The molecule has 1 heterocycles. The summed E-state index contributed by atoms with van der Waals surface area (Å²) in [5.74, 6) is 0. The smallest absolute Gasteiger partial charge is 0.0701 e. The summed E-state index contributed by atoms with van der Waals surface area (Å²) in [6, 6.07) is 8.19. The Kier molecular flexibility index (Phi) is 5.28. The Balaban J connectivity index is 2.21. The minimum absolute atomic E-state index is 0.771. The lowest BCUT2D eigenvalue weighted by Crippen LogP contribution is -2.19. The standard InChI is InChI=1S/C14H16BrClN2S/c1-17-7-11-3-4-12(16)6-13(11)18(2)8-10-5-14(15)19-9-10/h3-6,9,17H,7-8H2,1-2H3. The SMILES string of the molecule is CNCc1ccc(Cl)cc1N(C)Cc1csc(Br)c1. The van der Waals surface area contributed by atoms with Gasteiger partial charge in [-0.3, -0.25) is 0 Å². The molecule has 2 aromatic rings. The van der Waals surface area contributed by atoms with Gasteiger partial charge in [0, 0.05) is 30.8 Å². The molecule has 0 saturated carbocycles. The van der Waals surface area contributed by atoms with Crippen LogP contribution in [0, 0.1) is 0 Å². The lowest BCUT2D eigenvalue weighted by molar-refractivity contribution is 0.806. The Morgan fingerprint density at radius 3 is 2.79 bits per heavy atom. The Morgan fingerprint density at radius 2 is 2.16 bits per heavy atom. The number of nitrogens with zero attached hydrogens (tertiary/aromatic N) is 1. The van der Waals surface area contributed by atoms with Gasteiger partial charge in [0.15, 0.2) is 0 Å². The van der Waals surface area contributed by atoms with Gasteiger partial charge in [-0.05, 0) is 57.7 Å². The van der Waals surface area contributed by atoms with Gasteiger partial charge >= 0.3 is 0 Å². The number of hydrogen-bond donors (Lipinski definition) is 1. The van der Waals surface area contributed by atoms with Crippen molar-refractivity contribution in [3.05, 3.63) is 49.6 Å². The zero-order chi connectivity index (χ0) is 13.8. The number of thiophene rings is 1. The Morgan fingerprint density at radius 1 is 1.37 bits per heavy atom. The monoisotopic (exact) mass is 358 g/mol. The molecular weight excluding hydrogens is 344 g/mol. The predicted molar refractivity (Wildman–Crippen MR) is 88.3 cm³/mol. The van der Waals surface area contributed by atoms with Crippen molar-refractivity contribution in [2.75, 3.05) is 19.0 Å². The maximum Gasteiger partial charge on any atom is 0.0701 e. The van der Waals surface area contributed by atoms with Crippen LogP contribution in [-0.2, 0) is 13.1 Å². The Hall–Kier alpha value is -0.550. The third-order valence-corrected chi connectivity index (χ3v) is 4.66. The molecule has 0 aliphatic carbocycles. The zero-order valence-corrected chi connectivity index (χ0v) is 14.1. The molecule has 102 valence electrons. The summed E-state index contributed by atoms with van der Waals surface area (Å²) in [4.78, 5) is 2.23. The molecule has 2 rings (SSSR count). The fraction of sp³-hybridized carbons (Fsp3) is 0.286. The van der Waals surface area contributed by atoms with Gasteiger partial charge in [0.1, 0.15) is 0 Å². The normalized spacial score (nSPS) is 10.7. The second-order valence-electron chi connectivity index (χ2n) is 4.42. The topological polar surface area (TPSA) is 15.3 Å². The third kappa shape index (κ3) is 3.96. The van der Waals surface area contributed by atoms with Crippen molar-refractivity contribution < 1.29 is 0 Å². The van der Waals surface area contributed by atoms with E-state index in [1.54, 1.807) is 11.3 Å². The van der Waals surface area contributed by atoms with Crippen molar-refractivity contribution in [3.63, 3.8) is 0 Å². The highest BCUT2D eigenvalue weighted by Gasteiger charge is 2.09. The molecule has 0 aliphatic rings. The second-order valence-corrected chi connectivity index (χ2v) is 7.15.